The molecular weight excluding hydrogens is 208 g/mol. The highest BCUT2D eigenvalue weighted by Crippen LogP contribution is 2.20. The Hall–Kier alpha value is -2.43. The van der Waals surface area contributed by atoms with Crippen molar-refractivity contribution in [2.24, 2.45) is 0 Å². The zero-order valence-electron chi connectivity index (χ0n) is 8.18. The van der Waals surface area contributed by atoms with Crippen molar-refractivity contribution in [2.75, 3.05) is 5.32 Å². The lowest BCUT2D eigenvalue weighted by Crippen LogP contribution is -2.03. The molecule has 0 spiro atoms. The monoisotopic (exact) mass is 216 g/mol. The van der Waals surface area contributed by atoms with Gasteiger partial charge in [0.2, 0.25) is 6.41 Å². The molecule has 0 atom stereocenters. The van der Waals surface area contributed by atoms with Crippen LogP contribution in [0.2, 0.25) is 0 Å². The van der Waals surface area contributed by atoms with Gasteiger partial charge in [0.05, 0.1) is 11.1 Å². The fourth-order valence-electron chi connectivity index (χ4n) is 1.49. The molecule has 0 saturated carbocycles. The number of carbonyl (C=O) groups is 2. The van der Waals surface area contributed by atoms with Gasteiger partial charge >= 0.3 is 5.97 Å². The first kappa shape index (κ1) is 10.1. The van der Waals surface area contributed by atoms with Gasteiger partial charge in [-0.05, 0) is 12.1 Å². The zero-order valence-corrected chi connectivity index (χ0v) is 8.18. The number of aromatic nitrogens is 1. The average Bonchev–Trinajstić information content (AvgIpc) is 2.28. The Balaban J connectivity index is 2.73. The predicted octanol–water partition coefficient (Wildman–Crippen LogP) is 1.50. The molecule has 80 valence electrons. The summed E-state index contributed by atoms with van der Waals surface area (Å²) in [5, 5.41) is 11.9. The fourth-order valence-corrected chi connectivity index (χ4v) is 1.49. The van der Waals surface area contributed by atoms with Gasteiger partial charge < -0.3 is 10.4 Å². The number of carbonyl (C=O) groups excluding carboxylic acids is 1. The molecule has 0 radical (unpaired) electrons. The van der Waals surface area contributed by atoms with E-state index in [2.05, 4.69) is 10.3 Å². The van der Waals surface area contributed by atoms with Gasteiger partial charge in [-0.25, -0.2) is 9.78 Å². The van der Waals surface area contributed by atoms with E-state index in [0.29, 0.717) is 17.3 Å². The number of amides is 1. The standard InChI is InChI=1S/C11H8N2O3/c14-6-12-10-5-8(11(15)16)7-3-1-2-4-9(7)13-10/h1-6H,(H,15,16)(H,12,13,14). The van der Waals surface area contributed by atoms with Gasteiger partial charge in [0.1, 0.15) is 5.82 Å². The second kappa shape index (κ2) is 3.98. The van der Waals surface area contributed by atoms with E-state index in [0.717, 1.165) is 0 Å². The molecule has 0 aliphatic heterocycles. The van der Waals surface area contributed by atoms with Crippen molar-refractivity contribution < 1.29 is 14.7 Å². The van der Waals surface area contributed by atoms with E-state index >= 15 is 0 Å². The lowest BCUT2D eigenvalue weighted by molar-refractivity contribution is -0.105. The normalized spacial score (nSPS) is 10.0. The highest BCUT2D eigenvalue weighted by molar-refractivity contribution is 6.03. The van der Waals surface area contributed by atoms with Crippen LogP contribution < -0.4 is 5.32 Å². The molecular formula is C11H8N2O3. The third kappa shape index (κ3) is 1.70. The van der Waals surface area contributed by atoms with Crippen LogP contribution in [0.5, 0.6) is 0 Å². The first-order valence-electron chi connectivity index (χ1n) is 4.55. The van der Waals surface area contributed by atoms with Crippen LogP contribution in [0.4, 0.5) is 5.82 Å². The van der Waals surface area contributed by atoms with Gasteiger partial charge in [-0.3, -0.25) is 4.79 Å². The largest absolute Gasteiger partial charge is 0.478 e. The molecule has 0 saturated heterocycles. The van der Waals surface area contributed by atoms with E-state index in [-0.39, 0.29) is 11.4 Å². The molecule has 0 aliphatic rings. The van der Waals surface area contributed by atoms with E-state index < -0.39 is 5.97 Å². The van der Waals surface area contributed by atoms with Gasteiger partial charge in [0.25, 0.3) is 0 Å². The number of aromatic carboxylic acids is 1. The molecule has 5 heteroatoms. The van der Waals surface area contributed by atoms with Crippen molar-refractivity contribution in [3.63, 3.8) is 0 Å². The number of benzene rings is 1. The first-order valence-corrected chi connectivity index (χ1v) is 4.55. The molecule has 2 aromatic rings. The van der Waals surface area contributed by atoms with Crippen LogP contribution in [0.3, 0.4) is 0 Å². The number of pyridine rings is 1. The summed E-state index contributed by atoms with van der Waals surface area (Å²) in [4.78, 5) is 25.4. The van der Waals surface area contributed by atoms with E-state index in [1.807, 2.05) is 0 Å². The van der Waals surface area contributed by atoms with Crippen LogP contribution in [0.1, 0.15) is 10.4 Å². The van der Waals surface area contributed by atoms with Crippen LogP contribution >= 0.6 is 0 Å². The van der Waals surface area contributed by atoms with E-state index in [1.54, 1.807) is 24.3 Å². The Morgan fingerprint density at radius 1 is 1.38 bits per heavy atom. The van der Waals surface area contributed by atoms with Crippen molar-refractivity contribution in [3.05, 3.63) is 35.9 Å². The minimum atomic E-state index is -1.05. The van der Waals surface area contributed by atoms with Gasteiger partial charge in [-0.2, -0.15) is 0 Å². The Bertz CT molecular complexity index is 566. The van der Waals surface area contributed by atoms with Crippen LogP contribution in [-0.4, -0.2) is 22.5 Å². The first-order chi connectivity index (χ1) is 7.72. The van der Waals surface area contributed by atoms with Crippen LogP contribution in [0.25, 0.3) is 10.9 Å². The minimum Gasteiger partial charge on any atom is -0.478 e. The molecule has 2 N–H and O–H groups in total. The quantitative estimate of drug-likeness (QED) is 0.762. The van der Waals surface area contributed by atoms with Crippen molar-refractivity contribution in [1.82, 2.24) is 4.98 Å². The lowest BCUT2D eigenvalue weighted by Gasteiger charge is -2.04. The lowest BCUT2D eigenvalue weighted by atomic mass is 10.1. The van der Waals surface area contributed by atoms with Crippen LogP contribution in [-0.2, 0) is 4.79 Å². The maximum atomic E-state index is 11.0. The topological polar surface area (TPSA) is 79.3 Å². The van der Waals surface area contributed by atoms with Gasteiger partial charge in [0, 0.05) is 5.39 Å². The molecule has 1 aromatic heterocycles. The fraction of sp³-hybridized carbons (Fsp3) is 0. The second-order valence-electron chi connectivity index (χ2n) is 3.14. The molecule has 5 nitrogen and oxygen atoms in total. The van der Waals surface area contributed by atoms with E-state index in [9.17, 15) is 9.59 Å². The molecule has 2 rings (SSSR count). The van der Waals surface area contributed by atoms with E-state index in [1.165, 1.54) is 6.07 Å². The summed E-state index contributed by atoms with van der Waals surface area (Å²) in [6.07, 6.45) is 0.461. The third-order valence-corrected chi connectivity index (χ3v) is 2.15. The third-order valence-electron chi connectivity index (χ3n) is 2.15. The summed E-state index contributed by atoms with van der Waals surface area (Å²) in [7, 11) is 0. The van der Waals surface area contributed by atoms with Crippen LogP contribution in [0.15, 0.2) is 30.3 Å². The number of hydrogen-bond donors (Lipinski definition) is 2. The number of anilines is 1. The van der Waals surface area contributed by atoms with Crippen molar-refractivity contribution in [2.45, 2.75) is 0 Å². The molecule has 1 heterocycles. The van der Waals surface area contributed by atoms with Crippen molar-refractivity contribution in [3.8, 4) is 0 Å². The number of fused-ring (bicyclic) bond motifs is 1. The summed E-state index contributed by atoms with van der Waals surface area (Å²) in [6.45, 7) is 0. The van der Waals surface area contributed by atoms with Gasteiger partial charge in [-0.15, -0.1) is 0 Å². The zero-order chi connectivity index (χ0) is 11.5. The summed E-state index contributed by atoms with van der Waals surface area (Å²) in [5.74, 6) is -0.821. The number of nitrogens with zero attached hydrogens (tertiary/aromatic N) is 1. The van der Waals surface area contributed by atoms with Gasteiger partial charge in [0.15, 0.2) is 0 Å². The highest BCUT2D eigenvalue weighted by atomic mass is 16.4. The second-order valence-corrected chi connectivity index (χ2v) is 3.14. The maximum Gasteiger partial charge on any atom is 0.336 e. The Kier molecular flexibility index (Phi) is 2.51. The Morgan fingerprint density at radius 3 is 2.81 bits per heavy atom. The number of carboxylic acids is 1. The highest BCUT2D eigenvalue weighted by Gasteiger charge is 2.10. The number of rotatable bonds is 3. The Morgan fingerprint density at radius 2 is 2.12 bits per heavy atom. The molecule has 0 aliphatic carbocycles. The Labute approximate surface area is 90.7 Å². The average molecular weight is 216 g/mol. The molecule has 0 bridgehead atoms. The van der Waals surface area contributed by atoms with Crippen molar-refractivity contribution >= 4 is 29.1 Å². The number of para-hydroxylation sites is 1. The molecule has 0 fully saturated rings. The summed E-state index contributed by atoms with van der Waals surface area (Å²) >= 11 is 0. The molecule has 1 amide bonds. The van der Waals surface area contributed by atoms with Gasteiger partial charge in [-0.1, -0.05) is 18.2 Å². The number of hydrogen-bond acceptors (Lipinski definition) is 3. The maximum absolute atomic E-state index is 11.0. The summed E-state index contributed by atoms with van der Waals surface area (Å²) < 4.78 is 0. The molecule has 1 aromatic carbocycles. The van der Waals surface area contributed by atoms with E-state index in [4.69, 9.17) is 5.11 Å². The minimum absolute atomic E-state index is 0.120. The van der Waals surface area contributed by atoms with Crippen LogP contribution in [0, 0.1) is 0 Å². The van der Waals surface area contributed by atoms with Crippen molar-refractivity contribution in [1.29, 1.82) is 0 Å². The SMILES string of the molecule is O=CNc1cc(C(=O)O)c2ccccc2n1. The molecule has 0 unspecified atom stereocenters. The smallest absolute Gasteiger partial charge is 0.336 e. The number of carboxylic acid groups (broad SMARTS) is 1. The summed E-state index contributed by atoms with van der Waals surface area (Å²) in [5.41, 5.74) is 0.654. The number of nitrogens with one attached hydrogen (secondary N) is 1. The predicted molar refractivity (Wildman–Crippen MR) is 58.4 cm³/mol. The molecule has 16 heavy (non-hydrogen) atoms. The summed E-state index contributed by atoms with van der Waals surface area (Å²) in [6, 6.07) is 8.20.